The molecule has 8 nitrogen and oxygen atoms in total. The van der Waals surface area contributed by atoms with Gasteiger partial charge in [-0.15, -0.1) is 11.3 Å². The highest BCUT2D eigenvalue weighted by Gasteiger charge is 2.51. The Morgan fingerprint density at radius 1 is 1.14 bits per heavy atom. The van der Waals surface area contributed by atoms with Gasteiger partial charge < -0.3 is 14.6 Å². The van der Waals surface area contributed by atoms with Crippen LogP contribution in [0.25, 0.3) is 27.1 Å². The Balaban J connectivity index is 1.07. The highest BCUT2D eigenvalue weighted by Crippen LogP contribution is 2.48. The lowest BCUT2D eigenvalue weighted by molar-refractivity contribution is -0.185. The zero-order valence-electron chi connectivity index (χ0n) is 26.6. The number of hydrogen-bond donors (Lipinski definition) is 1. The molecule has 2 saturated heterocycles. The largest absolute Gasteiger partial charge is 0.372 e. The third kappa shape index (κ3) is 4.82. The van der Waals surface area contributed by atoms with E-state index in [-0.39, 0.29) is 11.5 Å². The van der Waals surface area contributed by atoms with Crippen molar-refractivity contribution in [3.05, 3.63) is 39.7 Å². The number of morpholine rings is 1. The third-order valence-electron chi connectivity index (χ3n) is 10.6. The van der Waals surface area contributed by atoms with E-state index >= 15 is 0 Å². The summed E-state index contributed by atoms with van der Waals surface area (Å²) in [5.41, 5.74) is 8.48. The number of carbonyl (C=O) groups is 1. The van der Waals surface area contributed by atoms with Crippen LogP contribution in [-0.4, -0.2) is 80.2 Å². The van der Waals surface area contributed by atoms with Crippen molar-refractivity contribution in [3.8, 4) is 11.3 Å². The molecule has 0 aromatic carbocycles. The number of aromatic nitrogens is 4. The summed E-state index contributed by atoms with van der Waals surface area (Å²) in [6.07, 6.45) is 8.80. The number of rotatable bonds is 6. The summed E-state index contributed by atoms with van der Waals surface area (Å²) < 4.78 is 8.12. The summed E-state index contributed by atoms with van der Waals surface area (Å²) in [7, 11) is 0. The van der Waals surface area contributed by atoms with Crippen LogP contribution in [0.4, 0.5) is 0 Å². The number of aryl methyl sites for hydroxylation is 2. The fraction of sp³-hybridized carbons (Fsp3) is 0.618. The summed E-state index contributed by atoms with van der Waals surface area (Å²) in [5, 5.41) is 5.84. The minimum atomic E-state index is -0.0769. The molecule has 3 aliphatic rings. The topological polar surface area (TPSA) is 78.8 Å². The van der Waals surface area contributed by atoms with Crippen molar-refractivity contribution in [2.24, 2.45) is 5.92 Å². The predicted molar refractivity (Wildman–Crippen MR) is 173 cm³/mol. The molecule has 7 rings (SSSR count). The van der Waals surface area contributed by atoms with Crippen LogP contribution >= 0.6 is 11.3 Å². The number of nitrogens with one attached hydrogen (secondary N) is 1. The molecule has 43 heavy (non-hydrogen) atoms. The number of thiophene rings is 1. The van der Waals surface area contributed by atoms with Crippen LogP contribution in [0.5, 0.6) is 0 Å². The number of fused-ring (bicyclic) bond motifs is 2. The smallest absolute Gasteiger partial charge is 0.225 e. The summed E-state index contributed by atoms with van der Waals surface area (Å²) in [6.45, 7) is 19.1. The van der Waals surface area contributed by atoms with E-state index in [0.717, 1.165) is 70.7 Å². The van der Waals surface area contributed by atoms with Gasteiger partial charge in [0.05, 0.1) is 17.9 Å². The quantitative estimate of drug-likeness (QED) is 0.270. The molecule has 9 heteroatoms. The number of pyridine rings is 1. The van der Waals surface area contributed by atoms with E-state index in [0.29, 0.717) is 17.7 Å². The lowest BCUT2D eigenvalue weighted by Gasteiger charge is -2.52. The molecule has 0 bridgehead atoms. The fourth-order valence-electron chi connectivity index (χ4n) is 8.19. The van der Waals surface area contributed by atoms with Gasteiger partial charge in [-0.1, -0.05) is 20.8 Å². The molecule has 4 aromatic rings. The van der Waals surface area contributed by atoms with Gasteiger partial charge in [0.15, 0.2) is 5.65 Å². The normalized spacial score (nSPS) is 23.7. The number of aromatic amines is 1. The van der Waals surface area contributed by atoms with Gasteiger partial charge in [0.2, 0.25) is 5.91 Å². The van der Waals surface area contributed by atoms with E-state index in [1.54, 1.807) is 6.33 Å². The van der Waals surface area contributed by atoms with Crippen LogP contribution in [0.1, 0.15) is 91.8 Å². The molecule has 4 aromatic heterocycles. The standard InChI is InChI=1S/C34H46N6O2S/c1-7-10-38-13-14-42-34(18-38)15-25(16-34)33(41)39-11-8-24(9-12-39)30-23(6)28-27(20(2)3)29(37-32(28)43-30)26-17-40-31(35-19-36-40)22(5)21(26)4/h17,19-20,24-25,37H,7-16,18H2,1-6H3. The van der Waals surface area contributed by atoms with Crippen molar-refractivity contribution in [3.63, 3.8) is 0 Å². The zero-order chi connectivity index (χ0) is 30.0. The first-order chi connectivity index (χ1) is 20.7. The van der Waals surface area contributed by atoms with Crippen LogP contribution in [0, 0.1) is 26.7 Å². The Bertz CT molecular complexity index is 1660. The Labute approximate surface area is 258 Å². The molecule has 0 atom stereocenters. The number of H-pyrrole nitrogens is 1. The minimum Gasteiger partial charge on any atom is -0.372 e. The van der Waals surface area contributed by atoms with Crippen molar-refractivity contribution < 1.29 is 9.53 Å². The number of amides is 1. The van der Waals surface area contributed by atoms with Crippen molar-refractivity contribution in [2.45, 2.75) is 91.1 Å². The molecule has 2 aliphatic heterocycles. The van der Waals surface area contributed by atoms with Gasteiger partial charge in [0, 0.05) is 54.1 Å². The lowest BCUT2D eigenvalue weighted by Crippen LogP contribution is -2.61. The number of likely N-dealkylation sites (tertiary alicyclic amines) is 1. The molecule has 1 saturated carbocycles. The maximum Gasteiger partial charge on any atom is 0.225 e. The van der Waals surface area contributed by atoms with Crippen LogP contribution in [0.2, 0.25) is 0 Å². The second-order valence-corrected chi connectivity index (χ2v) is 14.7. The van der Waals surface area contributed by atoms with Crippen LogP contribution < -0.4 is 0 Å². The van der Waals surface area contributed by atoms with Gasteiger partial charge in [-0.2, -0.15) is 5.10 Å². The maximum absolute atomic E-state index is 13.5. The summed E-state index contributed by atoms with van der Waals surface area (Å²) in [5.74, 6) is 1.38. The first kappa shape index (κ1) is 29.0. The van der Waals surface area contributed by atoms with E-state index in [2.05, 4.69) is 72.6 Å². The molecule has 6 heterocycles. The van der Waals surface area contributed by atoms with Crippen molar-refractivity contribution in [1.29, 1.82) is 0 Å². The molecule has 0 unspecified atom stereocenters. The summed E-state index contributed by atoms with van der Waals surface area (Å²) in [6, 6.07) is 0. The van der Waals surface area contributed by atoms with E-state index in [1.165, 1.54) is 55.0 Å². The van der Waals surface area contributed by atoms with Crippen LogP contribution in [0.3, 0.4) is 0 Å². The zero-order valence-corrected chi connectivity index (χ0v) is 27.4. The average Bonchev–Trinajstić information content (AvgIpc) is 3.68. The Morgan fingerprint density at radius 3 is 2.63 bits per heavy atom. The number of piperidine rings is 1. The molecule has 230 valence electrons. The van der Waals surface area contributed by atoms with Gasteiger partial charge in [0.1, 0.15) is 11.2 Å². The Kier molecular flexibility index (Phi) is 7.42. The molecular formula is C34H46N6O2S. The molecular weight excluding hydrogens is 556 g/mol. The number of carbonyl (C=O) groups excluding carboxylic acids is 1. The van der Waals surface area contributed by atoms with Crippen LogP contribution in [0.15, 0.2) is 12.5 Å². The first-order valence-electron chi connectivity index (χ1n) is 16.3. The third-order valence-corrected chi connectivity index (χ3v) is 11.9. The number of hydrogen-bond acceptors (Lipinski definition) is 6. The highest BCUT2D eigenvalue weighted by molar-refractivity contribution is 7.19. The minimum absolute atomic E-state index is 0.0769. The van der Waals surface area contributed by atoms with E-state index in [9.17, 15) is 4.79 Å². The molecule has 0 radical (unpaired) electrons. The molecule has 1 spiro atoms. The summed E-state index contributed by atoms with van der Waals surface area (Å²) in [4.78, 5) is 29.2. The number of ether oxygens (including phenoxy) is 1. The van der Waals surface area contributed by atoms with E-state index < -0.39 is 0 Å². The van der Waals surface area contributed by atoms with Gasteiger partial charge >= 0.3 is 0 Å². The van der Waals surface area contributed by atoms with Crippen molar-refractivity contribution in [1.82, 2.24) is 29.4 Å². The Hall–Kier alpha value is -2.75. The van der Waals surface area contributed by atoms with E-state index in [1.807, 2.05) is 15.9 Å². The first-order valence-corrected chi connectivity index (χ1v) is 17.1. The molecule has 1 amide bonds. The SMILES string of the molecule is CCCN1CCOC2(CC(C(=O)N3CCC(c4sc5[nH]c(-c6cn7ncnc7c(C)c6C)c(C(C)C)c5c4C)CC3)C2)C1. The Morgan fingerprint density at radius 2 is 1.91 bits per heavy atom. The van der Waals surface area contributed by atoms with Crippen molar-refractivity contribution in [2.75, 3.05) is 39.3 Å². The van der Waals surface area contributed by atoms with Crippen molar-refractivity contribution >= 4 is 33.1 Å². The van der Waals surface area contributed by atoms with Crippen LogP contribution in [-0.2, 0) is 9.53 Å². The lowest BCUT2D eigenvalue weighted by atomic mass is 9.69. The van der Waals surface area contributed by atoms with Gasteiger partial charge in [-0.3, -0.25) is 9.69 Å². The van der Waals surface area contributed by atoms with Gasteiger partial charge in [-0.25, -0.2) is 9.50 Å². The second kappa shape index (κ2) is 11.0. The maximum atomic E-state index is 13.5. The molecule has 1 N–H and O–H groups in total. The molecule has 3 fully saturated rings. The number of nitrogens with zero attached hydrogens (tertiary/aromatic N) is 5. The second-order valence-electron chi connectivity index (χ2n) is 13.7. The molecule has 1 aliphatic carbocycles. The van der Waals surface area contributed by atoms with Gasteiger partial charge in [-0.05, 0) is 93.5 Å². The average molecular weight is 603 g/mol. The highest BCUT2D eigenvalue weighted by atomic mass is 32.1. The predicted octanol–water partition coefficient (Wildman–Crippen LogP) is 6.58. The summed E-state index contributed by atoms with van der Waals surface area (Å²) >= 11 is 1.93. The van der Waals surface area contributed by atoms with Gasteiger partial charge in [0.25, 0.3) is 0 Å². The fourth-order valence-corrected chi connectivity index (χ4v) is 9.59. The monoisotopic (exact) mass is 602 g/mol. The van der Waals surface area contributed by atoms with E-state index in [4.69, 9.17) is 4.74 Å².